The molecular weight excluding hydrogens is 817 g/mol. The van der Waals surface area contributed by atoms with Gasteiger partial charge in [0.15, 0.2) is 0 Å². The summed E-state index contributed by atoms with van der Waals surface area (Å²) in [5.74, 6) is 0. The van der Waals surface area contributed by atoms with Crippen molar-refractivity contribution < 1.29 is 0 Å². The Morgan fingerprint density at radius 2 is 0.879 bits per heavy atom. The van der Waals surface area contributed by atoms with Gasteiger partial charge in [0.05, 0.1) is 16.7 Å². The molecule has 3 heteroatoms. The lowest BCUT2D eigenvalue weighted by Gasteiger charge is -2.26. The number of para-hydroxylation sites is 3. The first-order valence-corrected chi connectivity index (χ1v) is 23.6. The molecule has 0 aliphatic heterocycles. The summed E-state index contributed by atoms with van der Waals surface area (Å²) in [6.45, 7) is 4.70. The van der Waals surface area contributed by atoms with E-state index in [0.717, 1.165) is 17.1 Å². The number of thiophene rings is 1. The minimum absolute atomic E-state index is 0.0463. The van der Waals surface area contributed by atoms with Crippen LogP contribution in [0.3, 0.4) is 0 Å². The third-order valence-electron chi connectivity index (χ3n) is 14.0. The molecule has 0 amide bonds. The molecule has 0 fully saturated rings. The van der Waals surface area contributed by atoms with E-state index in [1.165, 1.54) is 103 Å². The minimum Gasteiger partial charge on any atom is -0.310 e. The van der Waals surface area contributed by atoms with Gasteiger partial charge in [-0.2, -0.15) is 0 Å². The van der Waals surface area contributed by atoms with Gasteiger partial charge in [-0.1, -0.05) is 172 Å². The molecule has 0 atom stereocenters. The van der Waals surface area contributed by atoms with E-state index in [-0.39, 0.29) is 5.41 Å². The van der Waals surface area contributed by atoms with Gasteiger partial charge in [0.25, 0.3) is 0 Å². The zero-order valence-corrected chi connectivity index (χ0v) is 37.6. The molecule has 0 radical (unpaired) electrons. The van der Waals surface area contributed by atoms with Gasteiger partial charge in [-0.05, 0) is 123 Å². The molecule has 10 aromatic carbocycles. The van der Waals surface area contributed by atoms with Crippen molar-refractivity contribution in [2.24, 2.45) is 0 Å². The van der Waals surface area contributed by atoms with Gasteiger partial charge < -0.3 is 9.47 Å². The summed E-state index contributed by atoms with van der Waals surface area (Å²) in [7, 11) is 0. The maximum absolute atomic E-state index is 2.42. The molecular formula is C63H44N2S. The number of rotatable bonds is 7. The normalized spacial score (nSPS) is 12.8. The van der Waals surface area contributed by atoms with Crippen molar-refractivity contribution in [2.75, 3.05) is 4.90 Å². The summed E-state index contributed by atoms with van der Waals surface area (Å²) in [6, 6.07) is 85.1. The smallest absolute Gasteiger partial charge is 0.0541 e. The molecule has 0 saturated carbocycles. The largest absolute Gasteiger partial charge is 0.310 e. The van der Waals surface area contributed by atoms with Crippen molar-refractivity contribution in [3.8, 4) is 50.2 Å². The zero-order valence-electron chi connectivity index (χ0n) is 36.7. The number of nitrogens with zero attached hydrogens (tertiary/aromatic N) is 2. The Morgan fingerprint density at radius 3 is 1.61 bits per heavy atom. The van der Waals surface area contributed by atoms with Crippen LogP contribution in [0, 0.1) is 0 Å². The Labute approximate surface area is 388 Å². The average Bonchev–Trinajstić information content (AvgIpc) is 3.99. The average molecular weight is 861 g/mol. The van der Waals surface area contributed by atoms with E-state index in [4.69, 9.17) is 0 Å². The van der Waals surface area contributed by atoms with Crippen LogP contribution in [0.4, 0.5) is 17.1 Å². The van der Waals surface area contributed by atoms with Crippen molar-refractivity contribution in [3.63, 3.8) is 0 Å². The third-order valence-corrected chi connectivity index (χ3v) is 15.2. The first-order chi connectivity index (χ1) is 32.5. The van der Waals surface area contributed by atoms with Crippen LogP contribution in [-0.4, -0.2) is 4.57 Å². The van der Waals surface area contributed by atoms with Gasteiger partial charge in [-0.3, -0.25) is 0 Å². The van der Waals surface area contributed by atoms with Gasteiger partial charge >= 0.3 is 0 Å². The highest BCUT2D eigenvalue weighted by molar-refractivity contribution is 7.25. The molecule has 1 aliphatic rings. The molecule has 312 valence electrons. The van der Waals surface area contributed by atoms with Crippen molar-refractivity contribution in [2.45, 2.75) is 19.3 Å². The van der Waals surface area contributed by atoms with Crippen LogP contribution in [-0.2, 0) is 5.41 Å². The van der Waals surface area contributed by atoms with E-state index >= 15 is 0 Å². The maximum Gasteiger partial charge on any atom is 0.0541 e. The highest BCUT2D eigenvalue weighted by atomic mass is 32.1. The number of fused-ring (bicyclic) bond motifs is 9. The monoisotopic (exact) mass is 860 g/mol. The molecule has 0 unspecified atom stereocenters. The fraction of sp³-hybridized carbons (Fsp3) is 0.0476. The van der Waals surface area contributed by atoms with Crippen LogP contribution >= 0.6 is 11.3 Å². The van der Waals surface area contributed by atoms with Crippen LogP contribution in [0.1, 0.15) is 25.0 Å². The van der Waals surface area contributed by atoms with E-state index in [0.29, 0.717) is 0 Å². The number of benzene rings is 10. The molecule has 66 heavy (non-hydrogen) atoms. The lowest BCUT2D eigenvalue weighted by molar-refractivity contribution is 0.660. The molecule has 2 aromatic heterocycles. The van der Waals surface area contributed by atoms with Gasteiger partial charge in [-0.15, -0.1) is 11.3 Å². The van der Waals surface area contributed by atoms with E-state index in [1.54, 1.807) is 0 Å². The van der Waals surface area contributed by atoms with E-state index in [1.807, 2.05) is 11.3 Å². The lowest BCUT2D eigenvalue weighted by atomic mass is 9.81. The Morgan fingerprint density at radius 1 is 0.348 bits per heavy atom. The maximum atomic E-state index is 2.42. The van der Waals surface area contributed by atoms with Crippen LogP contribution < -0.4 is 4.90 Å². The Kier molecular flexibility index (Phi) is 8.78. The number of hydrogen-bond donors (Lipinski definition) is 0. The van der Waals surface area contributed by atoms with Gasteiger partial charge in [0.1, 0.15) is 0 Å². The second-order valence-corrected chi connectivity index (χ2v) is 19.2. The highest BCUT2D eigenvalue weighted by Crippen LogP contribution is 2.50. The Balaban J connectivity index is 0.874. The summed E-state index contributed by atoms with van der Waals surface area (Å²) in [5, 5.41) is 5.14. The van der Waals surface area contributed by atoms with E-state index < -0.39 is 0 Å². The van der Waals surface area contributed by atoms with Gasteiger partial charge in [0, 0.05) is 59.0 Å². The number of anilines is 3. The SMILES string of the molecule is CC1(C)c2ccccc2-c2ccc(-c3ccc(N(c4ccc(-c5cccc(-c6ccccc6-n6c7ccccc7c7ccccc76)c5)cc4)c4ccc5c(c4)sc4ccccc45)cc3)cc21. The van der Waals surface area contributed by atoms with E-state index in [2.05, 4.69) is 254 Å². The van der Waals surface area contributed by atoms with Gasteiger partial charge in [-0.25, -0.2) is 0 Å². The molecule has 2 nitrogen and oxygen atoms in total. The fourth-order valence-electron chi connectivity index (χ4n) is 10.8. The van der Waals surface area contributed by atoms with Gasteiger partial charge in [0.2, 0.25) is 0 Å². The molecule has 0 spiro atoms. The molecule has 0 bridgehead atoms. The molecule has 0 N–H and O–H groups in total. The predicted molar refractivity (Wildman–Crippen MR) is 282 cm³/mol. The number of aromatic nitrogens is 1. The standard InChI is InChI=1S/C63H44N2S/c1-63(2)56-21-8-3-17-50(56)51-36-30-44(39-57(51)63)42-28-33-47(34-29-42)64(48-35-37-55-54-20-7-12-25-61(54)66-62(55)40-48)46-31-26-41(27-32-46)43-14-13-15-45(38-43)49-16-4-9-22-58(49)65-59-23-10-5-18-52(59)53-19-6-11-24-60(53)65/h3-40H,1-2H3. The van der Waals surface area contributed by atoms with Crippen molar-refractivity contribution in [1.82, 2.24) is 4.57 Å². The van der Waals surface area contributed by atoms with Crippen molar-refractivity contribution in [1.29, 1.82) is 0 Å². The van der Waals surface area contributed by atoms with Crippen LogP contribution in [0.5, 0.6) is 0 Å². The van der Waals surface area contributed by atoms with E-state index in [9.17, 15) is 0 Å². The van der Waals surface area contributed by atoms with Crippen LogP contribution in [0.15, 0.2) is 231 Å². The molecule has 12 aromatic rings. The molecule has 1 aliphatic carbocycles. The van der Waals surface area contributed by atoms with Crippen LogP contribution in [0.2, 0.25) is 0 Å². The summed E-state index contributed by atoms with van der Waals surface area (Å²) in [5.41, 5.74) is 19.6. The third kappa shape index (κ3) is 6.08. The molecule has 2 heterocycles. The summed E-state index contributed by atoms with van der Waals surface area (Å²) < 4.78 is 5.02. The minimum atomic E-state index is -0.0463. The lowest BCUT2D eigenvalue weighted by Crippen LogP contribution is -2.14. The Bertz CT molecular complexity index is 3790. The number of hydrogen-bond acceptors (Lipinski definition) is 2. The zero-order chi connectivity index (χ0) is 43.9. The fourth-order valence-corrected chi connectivity index (χ4v) is 11.9. The second kappa shape index (κ2) is 15.1. The predicted octanol–water partition coefficient (Wildman–Crippen LogP) is 17.9. The molecule has 0 saturated heterocycles. The second-order valence-electron chi connectivity index (χ2n) is 18.1. The van der Waals surface area contributed by atoms with Crippen LogP contribution in [0.25, 0.3) is 92.2 Å². The van der Waals surface area contributed by atoms with Crippen molar-refractivity contribution >= 4 is 70.4 Å². The highest BCUT2D eigenvalue weighted by Gasteiger charge is 2.35. The van der Waals surface area contributed by atoms with Crippen molar-refractivity contribution in [3.05, 3.63) is 242 Å². The topological polar surface area (TPSA) is 8.17 Å². The Hall–Kier alpha value is -7.98. The summed E-state index contributed by atoms with van der Waals surface area (Å²) in [4.78, 5) is 2.40. The first-order valence-electron chi connectivity index (χ1n) is 22.8. The quantitative estimate of drug-likeness (QED) is 0.155. The first kappa shape index (κ1) is 38.5. The molecule has 13 rings (SSSR count). The summed E-state index contributed by atoms with van der Waals surface area (Å²) >= 11 is 1.86. The summed E-state index contributed by atoms with van der Waals surface area (Å²) in [6.07, 6.45) is 0.